The van der Waals surface area contributed by atoms with Gasteiger partial charge >= 0.3 is 0 Å². The first-order valence-electron chi connectivity index (χ1n) is 9.12. The van der Waals surface area contributed by atoms with Crippen LogP contribution >= 0.6 is 15.9 Å². The lowest BCUT2D eigenvalue weighted by Crippen LogP contribution is -2.34. The van der Waals surface area contributed by atoms with Crippen molar-refractivity contribution < 1.29 is 23.8 Å². The van der Waals surface area contributed by atoms with Crippen LogP contribution in [0.1, 0.15) is 29.8 Å². The Bertz CT molecular complexity index is 931. The number of hydrazone groups is 1. The minimum Gasteiger partial charge on any atom is -0.493 e. The second kappa shape index (κ2) is 11.2. The van der Waals surface area contributed by atoms with Crippen molar-refractivity contribution in [1.29, 1.82) is 0 Å². The normalized spacial score (nSPS) is 10.7. The van der Waals surface area contributed by atoms with Crippen LogP contribution in [0.15, 0.2) is 46.0 Å². The van der Waals surface area contributed by atoms with Gasteiger partial charge < -0.3 is 19.5 Å². The number of amides is 2. The first kappa shape index (κ1) is 23.2. The number of hydrogen-bond donors (Lipinski definition) is 2. The van der Waals surface area contributed by atoms with Crippen molar-refractivity contribution in [2.45, 2.75) is 20.0 Å². The van der Waals surface area contributed by atoms with Gasteiger partial charge in [-0.15, -0.1) is 0 Å². The molecule has 0 radical (unpaired) electrons. The van der Waals surface area contributed by atoms with Crippen LogP contribution in [0.25, 0.3) is 0 Å². The third-order valence-corrected chi connectivity index (χ3v) is 4.28. The van der Waals surface area contributed by atoms with E-state index >= 15 is 0 Å². The Labute approximate surface area is 183 Å². The van der Waals surface area contributed by atoms with Gasteiger partial charge in [0.15, 0.2) is 11.5 Å². The summed E-state index contributed by atoms with van der Waals surface area (Å²) in [5.41, 5.74) is 3.42. The van der Waals surface area contributed by atoms with Gasteiger partial charge in [0.25, 0.3) is 11.8 Å². The quantitative estimate of drug-likeness (QED) is 0.427. The highest BCUT2D eigenvalue weighted by Gasteiger charge is 2.12. The monoisotopic (exact) mass is 477 g/mol. The van der Waals surface area contributed by atoms with E-state index in [4.69, 9.17) is 14.2 Å². The molecule has 30 heavy (non-hydrogen) atoms. The maximum absolute atomic E-state index is 12.2. The van der Waals surface area contributed by atoms with Crippen LogP contribution in [-0.2, 0) is 4.79 Å². The molecular weight excluding hydrogens is 454 g/mol. The number of benzene rings is 2. The second-order valence-electron chi connectivity index (χ2n) is 6.39. The molecular formula is C21H24BrN3O5. The fourth-order valence-electron chi connectivity index (χ4n) is 2.43. The summed E-state index contributed by atoms with van der Waals surface area (Å²) in [5.74, 6) is 0.686. The summed E-state index contributed by atoms with van der Waals surface area (Å²) in [6.07, 6.45) is 1.48. The standard InChI is InChI=1S/C21H24BrN3O5/c1-13(2)30-17-8-6-16(22)9-15(17)11-24-25-20(26)12-23-21(27)14-5-7-18(28-3)19(10-14)29-4/h5-11,13H,12H2,1-4H3,(H,23,27)(H,25,26). The largest absolute Gasteiger partial charge is 0.493 e. The Morgan fingerprint density at radius 2 is 1.77 bits per heavy atom. The van der Waals surface area contributed by atoms with E-state index in [9.17, 15) is 9.59 Å². The summed E-state index contributed by atoms with van der Waals surface area (Å²) >= 11 is 3.40. The lowest BCUT2D eigenvalue weighted by molar-refractivity contribution is -0.120. The fourth-order valence-corrected chi connectivity index (χ4v) is 2.81. The van der Waals surface area contributed by atoms with Gasteiger partial charge in [0.1, 0.15) is 5.75 Å². The summed E-state index contributed by atoms with van der Waals surface area (Å²) in [6.45, 7) is 3.61. The smallest absolute Gasteiger partial charge is 0.259 e. The van der Waals surface area contributed by atoms with Crippen molar-refractivity contribution >= 4 is 34.0 Å². The molecule has 0 saturated carbocycles. The zero-order valence-corrected chi connectivity index (χ0v) is 18.8. The van der Waals surface area contributed by atoms with Crippen LogP contribution in [0.5, 0.6) is 17.2 Å². The Morgan fingerprint density at radius 1 is 1.07 bits per heavy atom. The molecule has 8 nitrogen and oxygen atoms in total. The molecule has 0 saturated heterocycles. The summed E-state index contributed by atoms with van der Waals surface area (Å²) in [4.78, 5) is 24.2. The number of rotatable bonds is 9. The third-order valence-electron chi connectivity index (χ3n) is 3.78. The maximum Gasteiger partial charge on any atom is 0.259 e. The molecule has 0 aromatic heterocycles. The molecule has 0 unspecified atom stereocenters. The fraction of sp³-hybridized carbons (Fsp3) is 0.286. The van der Waals surface area contributed by atoms with E-state index in [1.54, 1.807) is 12.1 Å². The topological polar surface area (TPSA) is 98.2 Å². The van der Waals surface area contributed by atoms with Crippen LogP contribution in [0.3, 0.4) is 0 Å². The molecule has 0 aliphatic heterocycles. The molecule has 2 rings (SSSR count). The molecule has 0 spiro atoms. The summed E-state index contributed by atoms with van der Waals surface area (Å²) < 4.78 is 16.9. The molecule has 0 aliphatic rings. The van der Waals surface area contributed by atoms with Gasteiger partial charge in [-0.25, -0.2) is 5.43 Å². The van der Waals surface area contributed by atoms with E-state index in [1.165, 1.54) is 26.5 Å². The number of nitrogens with one attached hydrogen (secondary N) is 2. The molecule has 0 heterocycles. The number of carbonyl (C=O) groups is 2. The number of methoxy groups -OCH3 is 2. The van der Waals surface area contributed by atoms with E-state index in [0.29, 0.717) is 28.4 Å². The SMILES string of the molecule is COc1ccc(C(=O)NCC(=O)NN=Cc2cc(Br)ccc2OC(C)C)cc1OC. The molecule has 2 amide bonds. The lowest BCUT2D eigenvalue weighted by Gasteiger charge is -2.12. The average Bonchev–Trinajstić information content (AvgIpc) is 2.73. The van der Waals surface area contributed by atoms with Gasteiger partial charge in [-0.2, -0.15) is 5.10 Å². The maximum atomic E-state index is 12.2. The Kier molecular flexibility index (Phi) is 8.67. The molecule has 0 fully saturated rings. The van der Waals surface area contributed by atoms with E-state index in [0.717, 1.165) is 4.47 Å². The number of hydrogen-bond acceptors (Lipinski definition) is 6. The van der Waals surface area contributed by atoms with Gasteiger partial charge in [-0.1, -0.05) is 15.9 Å². The van der Waals surface area contributed by atoms with Crippen molar-refractivity contribution in [1.82, 2.24) is 10.7 Å². The summed E-state index contributed by atoms with van der Waals surface area (Å²) in [5, 5.41) is 6.47. The molecule has 160 valence electrons. The molecule has 2 aromatic carbocycles. The van der Waals surface area contributed by atoms with E-state index < -0.39 is 11.8 Å². The van der Waals surface area contributed by atoms with E-state index in [2.05, 4.69) is 31.8 Å². The Hall–Kier alpha value is -3.07. The Balaban J connectivity index is 1.92. The first-order chi connectivity index (χ1) is 14.3. The van der Waals surface area contributed by atoms with E-state index in [-0.39, 0.29) is 12.6 Å². The highest BCUT2D eigenvalue weighted by Crippen LogP contribution is 2.27. The van der Waals surface area contributed by atoms with Gasteiger partial charge in [0, 0.05) is 15.6 Å². The molecule has 2 aromatic rings. The minimum absolute atomic E-state index is 0.000271. The summed E-state index contributed by atoms with van der Waals surface area (Å²) in [6, 6.07) is 10.2. The van der Waals surface area contributed by atoms with Gasteiger partial charge in [0.2, 0.25) is 0 Å². The molecule has 9 heteroatoms. The number of halogens is 1. The van der Waals surface area contributed by atoms with Crippen LogP contribution in [0.2, 0.25) is 0 Å². The second-order valence-corrected chi connectivity index (χ2v) is 7.31. The number of carbonyl (C=O) groups excluding carboxylic acids is 2. The molecule has 2 N–H and O–H groups in total. The first-order valence-corrected chi connectivity index (χ1v) is 9.91. The van der Waals surface area contributed by atoms with Crippen molar-refractivity contribution in [2.24, 2.45) is 5.10 Å². The number of nitrogens with zero attached hydrogens (tertiary/aromatic N) is 1. The van der Waals surface area contributed by atoms with Gasteiger partial charge in [-0.05, 0) is 50.2 Å². The third kappa shape index (κ3) is 6.77. The predicted molar refractivity (Wildman–Crippen MR) is 118 cm³/mol. The van der Waals surface area contributed by atoms with Crippen LogP contribution in [0, 0.1) is 0 Å². The molecule has 0 atom stereocenters. The van der Waals surface area contributed by atoms with Crippen molar-refractivity contribution in [3.8, 4) is 17.2 Å². The summed E-state index contributed by atoms with van der Waals surface area (Å²) in [7, 11) is 2.99. The molecule has 0 aliphatic carbocycles. The Morgan fingerprint density at radius 3 is 2.43 bits per heavy atom. The number of ether oxygens (including phenoxy) is 3. The minimum atomic E-state index is -0.471. The van der Waals surface area contributed by atoms with Gasteiger partial charge in [0.05, 0.1) is 33.1 Å². The highest BCUT2D eigenvalue weighted by molar-refractivity contribution is 9.10. The highest BCUT2D eigenvalue weighted by atomic mass is 79.9. The van der Waals surface area contributed by atoms with Crippen LogP contribution in [-0.4, -0.2) is 44.9 Å². The van der Waals surface area contributed by atoms with Crippen LogP contribution < -0.4 is 25.0 Å². The lowest BCUT2D eigenvalue weighted by atomic mass is 10.2. The van der Waals surface area contributed by atoms with Crippen LogP contribution in [0.4, 0.5) is 0 Å². The molecule has 0 bridgehead atoms. The van der Waals surface area contributed by atoms with Gasteiger partial charge in [-0.3, -0.25) is 9.59 Å². The zero-order valence-electron chi connectivity index (χ0n) is 17.2. The van der Waals surface area contributed by atoms with E-state index in [1.807, 2.05) is 32.0 Å². The van der Waals surface area contributed by atoms with Crippen molar-refractivity contribution in [3.05, 3.63) is 52.0 Å². The zero-order chi connectivity index (χ0) is 22.1. The predicted octanol–water partition coefficient (Wildman–Crippen LogP) is 3.13. The van der Waals surface area contributed by atoms with Crippen molar-refractivity contribution in [3.63, 3.8) is 0 Å². The van der Waals surface area contributed by atoms with Crippen molar-refractivity contribution in [2.75, 3.05) is 20.8 Å². The average molecular weight is 478 g/mol.